The van der Waals surface area contributed by atoms with Gasteiger partial charge in [0, 0.05) is 24.5 Å². The average Bonchev–Trinajstić information content (AvgIpc) is 2.68. The summed E-state index contributed by atoms with van der Waals surface area (Å²) in [6, 6.07) is 22.7. The van der Waals surface area contributed by atoms with Gasteiger partial charge in [0.15, 0.2) is 7.14 Å². The van der Waals surface area contributed by atoms with Crippen LogP contribution in [0, 0.1) is 0 Å². The van der Waals surface area contributed by atoms with Crippen LogP contribution in [0.3, 0.4) is 0 Å². The quantitative estimate of drug-likeness (QED) is 0.411. The van der Waals surface area contributed by atoms with E-state index in [-0.39, 0.29) is 11.7 Å². The van der Waals surface area contributed by atoms with Gasteiger partial charge in [-0.15, -0.1) is 0 Å². The number of nitrogens with one attached hydrogen (secondary N) is 1. The van der Waals surface area contributed by atoms with Crippen LogP contribution >= 0.6 is 7.14 Å². The molecule has 6 heteroatoms. The van der Waals surface area contributed by atoms with Crippen LogP contribution in [-0.4, -0.2) is 11.9 Å². The molecule has 142 valence electrons. The van der Waals surface area contributed by atoms with Crippen molar-refractivity contribution in [1.82, 2.24) is 0 Å². The van der Waals surface area contributed by atoms with E-state index in [0.717, 1.165) is 0 Å². The first-order valence-electron chi connectivity index (χ1n) is 8.74. The topological polar surface area (TPSA) is 72.5 Å². The predicted molar refractivity (Wildman–Crippen MR) is 111 cm³/mol. The second kappa shape index (κ2) is 8.24. The van der Waals surface area contributed by atoms with Gasteiger partial charge in [-0.05, 0) is 24.3 Å². The molecule has 1 amide bonds. The molecule has 0 heterocycles. The molecule has 28 heavy (non-hydrogen) atoms. The van der Waals surface area contributed by atoms with Crippen molar-refractivity contribution in [3.05, 3.63) is 78.9 Å². The van der Waals surface area contributed by atoms with Gasteiger partial charge >= 0.3 is 5.97 Å². The van der Waals surface area contributed by atoms with E-state index in [1.807, 2.05) is 6.07 Å². The maximum Gasteiger partial charge on any atom is 0.308 e. The van der Waals surface area contributed by atoms with Gasteiger partial charge in [-0.2, -0.15) is 0 Å². The van der Waals surface area contributed by atoms with Crippen LogP contribution in [0.15, 0.2) is 78.9 Å². The van der Waals surface area contributed by atoms with Gasteiger partial charge in [-0.25, -0.2) is 0 Å². The van der Waals surface area contributed by atoms with Gasteiger partial charge < -0.3 is 14.6 Å². The minimum atomic E-state index is -3.46. The molecule has 0 saturated heterocycles. The zero-order valence-corrected chi connectivity index (χ0v) is 16.5. The van der Waals surface area contributed by atoms with Gasteiger partial charge in [0.25, 0.3) is 0 Å². The molecule has 0 fully saturated rings. The Balaban J connectivity index is 2.34. The van der Waals surface area contributed by atoms with Crippen molar-refractivity contribution in [1.29, 1.82) is 0 Å². The minimum Gasteiger partial charge on any atom is -0.426 e. The van der Waals surface area contributed by atoms with Gasteiger partial charge in [-0.1, -0.05) is 54.6 Å². The first-order valence-corrected chi connectivity index (χ1v) is 10.4. The number of anilines is 1. The second-order valence-corrected chi connectivity index (χ2v) is 8.90. The van der Waals surface area contributed by atoms with Crippen molar-refractivity contribution in [2.24, 2.45) is 0 Å². The number of hydrogen-bond donors (Lipinski definition) is 1. The predicted octanol–water partition coefficient (Wildman–Crippen LogP) is 3.21. The summed E-state index contributed by atoms with van der Waals surface area (Å²) >= 11 is 0. The van der Waals surface area contributed by atoms with E-state index in [1.165, 1.54) is 13.8 Å². The van der Waals surface area contributed by atoms with Crippen LogP contribution in [0.4, 0.5) is 5.69 Å². The fourth-order valence-electron chi connectivity index (χ4n) is 3.05. The van der Waals surface area contributed by atoms with Crippen molar-refractivity contribution in [3.8, 4) is 5.75 Å². The third-order valence-electron chi connectivity index (χ3n) is 4.13. The fraction of sp³-hybridized carbons (Fsp3) is 0.0909. The lowest BCUT2D eigenvalue weighted by Crippen LogP contribution is -2.29. The Kier molecular flexibility index (Phi) is 5.76. The molecular weight excluding hydrogens is 373 g/mol. The molecule has 0 bridgehead atoms. The first-order chi connectivity index (χ1) is 13.4. The molecule has 0 aliphatic carbocycles. The Bertz CT molecular complexity index is 999. The van der Waals surface area contributed by atoms with E-state index in [9.17, 15) is 14.2 Å². The molecule has 3 aromatic carbocycles. The van der Waals surface area contributed by atoms with E-state index in [4.69, 9.17) is 4.74 Å². The fourth-order valence-corrected chi connectivity index (χ4v) is 5.95. The number of para-hydroxylation sites is 2. The zero-order chi connectivity index (χ0) is 20.1. The number of amides is 1. The van der Waals surface area contributed by atoms with Gasteiger partial charge in [-0.3, -0.25) is 9.59 Å². The molecule has 0 radical (unpaired) electrons. The molecule has 1 unspecified atom stereocenters. The van der Waals surface area contributed by atoms with Crippen molar-refractivity contribution in [3.63, 3.8) is 0 Å². The minimum absolute atomic E-state index is 0.236. The van der Waals surface area contributed by atoms with Crippen molar-refractivity contribution < 1.29 is 18.9 Å². The highest BCUT2D eigenvalue weighted by Gasteiger charge is 2.35. The van der Waals surface area contributed by atoms with Crippen molar-refractivity contribution in [2.45, 2.75) is 13.8 Å². The lowest BCUT2D eigenvalue weighted by atomic mass is 10.3. The van der Waals surface area contributed by atoms with Crippen molar-refractivity contribution >= 4 is 40.6 Å². The summed E-state index contributed by atoms with van der Waals surface area (Å²) in [4.78, 5) is 23.3. The number of carbonyl (C=O) groups excluding carboxylic acids is 2. The highest BCUT2D eigenvalue weighted by Crippen LogP contribution is 2.47. The summed E-state index contributed by atoms with van der Waals surface area (Å²) in [6.45, 7) is 2.70. The van der Waals surface area contributed by atoms with Crippen LogP contribution in [0.2, 0.25) is 0 Å². The standard InChI is InChI=1S/C22H20NO4P/c1-16(24)23-19-12-6-8-14-21(19)28(26,18-10-4-3-5-11-18)22-15-9-7-13-20(22)27-17(2)25/h3-15H,1-2H3,(H,23,24). The molecule has 0 saturated carbocycles. The Morgan fingerprint density at radius 2 is 1.36 bits per heavy atom. The van der Waals surface area contributed by atoms with Crippen LogP contribution in [0.1, 0.15) is 13.8 Å². The van der Waals surface area contributed by atoms with E-state index in [0.29, 0.717) is 21.6 Å². The molecule has 1 N–H and O–H groups in total. The molecular formula is C22H20NO4P. The maximum absolute atomic E-state index is 14.7. The first kappa shape index (κ1) is 19.6. The molecule has 0 aromatic heterocycles. The normalized spacial score (nSPS) is 12.6. The number of carbonyl (C=O) groups is 2. The monoisotopic (exact) mass is 393 g/mol. The SMILES string of the molecule is CC(=O)Nc1ccccc1P(=O)(c1ccccc1)c1ccccc1OC(C)=O. The molecule has 3 aromatic rings. The van der Waals surface area contributed by atoms with E-state index in [1.54, 1.807) is 72.8 Å². The molecule has 0 aliphatic heterocycles. The molecule has 3 rings (SSSR count). The van der Waals surface area contributed by atoms with Gasteiger partial charge in [0.2, 0.25) is 5.91 Å². The second-order valence-electron chi connectivity index (χ2n) is 6.20. The smallest absolute Gasteiger partial charge is 0.308 e. The average molecular weight is 393 g/mol. The molecule has 0 aliphatic rings. The van der Waals surface area contributed by atoms with Crippen LogP contribution in [0.25, 0.3) is 0 Å². The summed E-state index contributed by atoms with van der Waals surface area (Å²) < 4.78 is 20.0. The molecule has 1 atom stereocenters. The van der Waals surface area contributed by atoms with Gasteiger partial charge in [0.05, 0.1) is 11.0 Å². The largest absolute Gasteiger partial charge is 0.426 e. The van der Waals surface area contributed by atoms with E-state index in [2.05, 4.69) is 5.32 Å². The highest BCUT2D eigenvalue weighted by atomic mass is 31.2. The Hall–Kier alpha value is -3.17. The summed E-state index contributed by atoms with van der Waals surface area (Å²) in [6.07, 6.45) is 0. The number of esters is 1. The molecule has 0 spiro atoms. The number of rotatable bonds is 5. The zero-order valence-electron chi connectivity index (χ0n) is 15.6. The Morgan fingerprint density at radius 1 is 0.786 bits per heavy atom. The summed E-state index contributed by atoms with van der Waals surface area (Å²) in [7, 11) is -3.46. The third kappa shape index (κ3) is 3.90. The highest BCUT2D eigenvalue weighted by molar-refractivity contribution is 7.85. The number of benzene rings is 3. The van der Waals surface area contributed by atoms with E-state index >= 15 is 0 Å². The number of ether oxygens (including phenoxy) is 1. The lowest BCUT2D eigenvalue weighted by molar-refractivity contribution is -0.131. The Labute approximate surface area is 163 Å². The molecule has 5 nitrogen and oxygen atoms in total. The maximum atomic E-state index is 14.7. The van der Waals surface area contributed by atoms with Gasteiger partial charge in [0.1, 0.15) is 5.75 Å². The summed E-state index contributed by atoms with van der Waals surface area (Å²) in [5, 5.41) is 4.20. The van der Waals surface area contributed by atoms with Crippen molar-refractivity contribution in [2.75, 3.05) is 5.32 Å². The van der Waals surface area contributed by atoms with E-state index < -0.39 is 13.1 Å². The summed E-state index contributed by atoms with van der Waals surface area (Å²) in [5.41, 5.74) is 0.458. The van der Waals surface area contributed by atoms with Crippen LogP contribution in [-0.2, 0) is 14.2 Å². The third-order valence-corrected chi connectivity index (χ3v) is 7.27. The Morgan fingerprint density at radius 3 is 2.00 bits per heavy atom. The lowest BCUT2D eigenvalue weighted by Gasteiger charge is -2.24. The number of hydrogen-bond acceptors (Lipinski definition) is 4. The summed E-state index contributed by atoms with van der Waals surface area (Å²) in [5.74, 6) is -0.526. The van der Waals surface area contributed by atoms with Crippen LogP contribution < -0.4 is 26.0 Å². The van der Waals surface area contributed by atoms with Crippen LogP contribution in [0.5, 0.6) is 5.75 Å².